The van der Waals surface area contributed by atoms with Crippen LogP contribution >= 0.6 is 11.6 Å². The van der Waals surface area contributed by atoms with Crippen molar-refractivity contribution >= 4 is 21.7 Å². The summed E-state index contributed by atoms with van der Waals surface area (Å²) in [6, 6.07) is 6.08. The minimum absolute atomic E-state index is 0.0570. The number of alkyl halides is 1. The van der Waals surface area contributed by atoms with Crippen molar-refractivity contribution in [3.63, 3.8) is 0 Å². The molecule has 1 aromatic carbocycles. The Labute approximate surface area is 94.8 Å². The van der Waals surface area contributed by atoms with Gasteiger partial charge in [-0.05, 0) is 30.5 Å². The average Bonchev–Trinajstić information content (AvgIpc) is 2.17. The molecule has 1 unspecified atom stereocenters. The van der Waals surface area contributed by atoms with E-state index in [-0.39, 0.29) is 10.3 Å². The Hall–Kier alpha value is -0.580. The summed E-state index contributed by atoms with van der Waals surface area (Å²) in [4.78, 5) is -0.0890. The molecule has 0 fully saturated rings. The highest BCUT2D eigenvalue weighted by Gasteiger charge is 2.09. The topological polar surface area (TPSA) is 54.4 Å². The van der Waals surface area contributed by atoms with Crippen molar-refractivity contribution in [3.05, 3.63) is 29.8 Å². The van der Waals surface area contributed by atoms with Gasteiger partial charge in [0.2, 0.25) is 0 Å². The minimum atomic E-state index is -4.09. The molecule has 0 radical (unpaired) electrons. The van der Waals surface area contributed by atoms with Crippen molar-refractivity contribution in [3.8, 4) is 0 Å². The first-order chi connectivity index (χ1) is 6.93. The molecule has 0 aliphatic rings. The summed E-state index contributed by atoms with van der Waals surface area (Å²) in [7, 11) is -4.09. The Morgan fingerprint density at radius 3 is 2.27 bits per heavy atom. The first-order valence-corrected chi connectivity index (χ1v) is 6.51. The van der Waals surface area contributed by atoms with E-state index in [4.69, 9.17) is 16.2 Å². The Morgan fingerprint density at radius 2 is 1.87 bits per heavy atom. The fourth-order valence-electron chi connectivity index (χ4n) is 1.20. The maximum Gasteiger partial charge on any atom is 0.294 e. The standard InChI is InChI=1S/C10H13ClO3S/c1-2-9(11)7-8-3-5-10(6-4-8)15(12,13)14/h3-6,9H,2,7H2,1H3,(H,12,13,14). The third-order valence-electron chi connectivity index (χ3n) is 2.12. The van der Waals surface area contributed by atoms with E-state index in [1.807, 2.05) is 6.92 Å². The summed E-state index contributed by atoms with van der Waals surface area (Å²) in [5.74, 6) is 0. The lowest BCUT2D eigenvalue weighted by molar-refractivity contribution is 0.483. The van der Waals surface area contributed by atoms with Crippen LogP contribution in [-0.2, 0) is 16.5 Å². The normalized spacial score (nSPS) is 13.8. The zero-order valence-corrected chi connectivity index (χ0v) is 9.92. The van der Waals surface area contributed by atoms with Crippen LogP contribution in [0, 0.1) is 0 Å². The van der Waals surface area contributed by atoms with Crippen LogP contribution in [-0.4, -0.2) is 18.3 Å². The molecule has 0 bridgehead atoms. The van der Waals surface area contributed by atoms with E-state index < -0.39 is 10.1 Å². The highest BCUT2D eigenvalue weighted by atomic mass is 35.5. The van der Waals surface area contributed by atoms with Crippen LogP contribution in [0.1, 0.15) is 18.9 Å². The summed E-state index contributed by atoms with van der Waals surface area (Å²) >= 11 is 5.96. The van der Waals surface area contributed by atoms with Gasteiger partial charge in [0, 0.05) is 5.38 Å². The molecule has 0 amide bonds. The van der Waals surface area contributed by atoms with Gasteiger partial charge in [0.1, 0.15) is 0 Å². The molecule has 5 heteroatoms. The minimum Gasteiger partial charge on any atom is -0.282 e. The molecule has 1 atom stereocenters. The van der Waals surface area contributed by atoms with Crippen LogP contribution in [0.25, 0.3) is 0 Å². The summed E-state index contributed by atoms with van der Waals surface area (Å²) in [6.07, 6.45) is 1.56. The molecule has 1 N–H and O–H groups in total. The van der Waals surface area contributed by atoms with Crippen LogP contribution in [0.4, 0.5) is 0 Å². The zero-order valence-electron chi connectivity index (χ0n) is 8.35. The van der Waals surface area contributed by atoms with Gasteiger partial charge in [0.25, 0.3) is 10.1 Å². The summed E-state index contributed by atoms with van der Waals surface area (Å²) < 4.78 is 30.3. The molecule has 1 rings (SSSR count). The molecule has 1 aromatic rings. The van der Waals surface area contributed by atoms with Gasteiger partial charge >= 0.3 is 0 Å². The molecule has 0 aliphatic carbocycles. The van der Waals surface area contributed by atoms with E-state index in [0.29, 0.717) is 6.42 Å². The fraction of sp³-hybridized carbons (Fsp3) is 0.400. The molecule has 84 valence electrons. The Morgan fingerprint density at radius 1 is 1.33 bits per heavy atom. The number of benzene rings is 1. The Balaban J connectivity index is 2.82. The number of hydrogen-bond acceptors (Lipinski definition) is 2. The Kier molecular flexibility index (Phi) is 4.13. The lowest BCUT2D eigenvalue weighted by Gasteiger charge is -2.06. The van der Waals surface area contributed by atoms with Crippen LogP contribution in [0.2, 0.25) is 0 Å². The van der Waals surface area contributed by atoms with Crippen LogP contribution in [0.15, 0.2) is 29.2 Å². The van der Waals surface area contributed by atoms with E-state index in [2.05, 4.69) is 0 Å². The second kappa shape index (κ2) is 4.96. The van der Waals surface area contributed by atoms with Gasteiger partial charge in [-0.2, -0.15) is 8.42 Å². The van der Waals surface area contributed by atoms with Crippen molar-refractivity contribution in [2.75, 3.05) is 0 Å². The lowest BCUT2D eigenvalue weighted by atomic mass is 10.1. The zero-order chi connectivity index (χ0) is 11.5. The van der Waals surface area contributed by atoms with Gasteiger partial charge < -0.3 is 0 Å². The average molecular weight is 249 g/mol. The third-order valence-corrected chi connectivity index (χ3v) is 3.45. The number of rotatable bonds is 4. The fourth-order valence-corrected chi connectivity index (χ4v) is 1.86. The van der Waals surface area contributed by atoms with Crippen molar-refractivity contribution in [1.82, 2.24) is 0 Å². The van der Waals surface area contributed by atoms with Crippen molar-refractivity contribution < 1.29 is 13.0 Å². The molecule has 0 spiro atoms. The molecule has 0 aromatic heterocycles. The van der Waals surface area contributed by atoms with Gasteiger partial charge in [-0.1, -0.05) is 19.1 Å². The van der Waals surface area contributed by atoms with Gasteiger partial charge in [-0.25, -0.2) is 0 Å². The number of halogens is 1. The van der Waals surface area contributed by atoms with Gasteiger partial charge in [0.05, 0.1) is 4.90 Å². The van der Waals surface area contributed by atoms with Crippen LogP contribution in [0.3, 0.4) is 0 Å². The maximum atomic E-state index is 10.8. The van der Waals surface area contributed by atoms with E-state index >= 15 is 0 Å². The van der Waals surface area contributed by atoms with Gasteiger partial charge in [-0.15, -0.1) is 11.6 Å². The van der Waals surface area contributed by atoms with E-state index in [1.54, 1.807) is 12.1 Å². The van der Waals surface area contributed by atoms with Gasteiger partial charge in [0.15, 0.2) is 0 Å². The highest BCUT2D eigenvalue weighted by Crippen LogP contribution is 2.14. The summed E-state index contributed by atoms with van der Waals surface area (Å²) in [6.45, 7) is 1.99. The summed E-state index contributed by atoms with van der Waals surface area (Å²) in [5.41, 5.74) is 0.962. The molecule has 3 nitrogen and oxygen atoms in total. The van der Waals surface area contributed by atoms with Gasteiger partial charge in [-0.3, -0.25) is 4.55 Å². The molecule has 0 saturated carbocycles. The lowest BCUT2D eigenvalue weighted by Crippen LogP contribution is -2.02. The molecule has 0 saturated heterocycles. The largest absolute Gasteiger partial charge is 0.294 e. The molecule has 0 heterocycles. The highest BCUT2D eigenvalue weighted by molar-refractivity contribution is 7.85. The quantitative estimate of drug-likeness (QED) is 0.658. The van der Waals surface area contributed by atoms with E-state index in [1.165, 1.54) is 12.1 Å². The SMILES string of the molecule is CCC(Cl)Cc1ccc(S(=O)(=O)O)cc1. The number of hydrogen-bond donors (Lipinski definition) is 1. The van der Waals surface area contributed by atoms with E-state index in [9.17, 15) is 8.42 Å². The molecular weight excluding hydrogens is 236 g/mol. The van der Waals surface area contributed by atoms with Crippen molar-refractivity contribution in [1.29, 1.82) is 0 Å². The smallest absolute Gasteiger partial charge is 0.282 e. The second-order valence-corrected chi connectivity index (χ2v) is 5.37. The first kappa shape index (κ1) is 12.5. The first-order valence-electron chi connectivity index (χ1n) is 4.64. The molecule has 0 aliphatic heterocycles. The third kappa shape index (κ3) is 3.81. The maximum absolute atomic E-state index is 10.8. The molecular formula is C10H13ClO3S. The second-order valence-electron chi connectivity index (χ2n) is 3.33. The van der Waals surface area contributed by atoms with Crippen molar-refractivity contribution in [2.24, 2.45) is 0 Å². The predicted molar refractivity (Wildman–Crippen MR) is 59.9 cm³/mol. The van der Waals surface area contributed by atoms with Crippen LogP contribution < -0.4 is 0 Å². The monoisotopic (exact) mass is 248 g/mol. The van der Waals surface area contributed by atoms with E-state index in [0.717, 1.165) is 12.0 Å². The molecule has 15 heavy (non-hydrogen) atoms. The van der Waals surface area contributed by atoms with Crippen LogP contribution in [0.5, 0.6) is 0 Å². The summed E-state index contributed by atoms with van der Waals surface area (Å²) in [5, 5.41) is 0.0570. The van der Waals surface area contributed by atoms with Crippen molar-refractivity contribution in [2.45, 2.75) is 30.0 Å². The Bertz CT molecular complexity index is 411. The predicted octanol–water partition coefficient (Wildman–Crippen LogP) is 2.49.